The van der Waals surface area contributed by atoms with Crippen molar-refractivity contribution in [3.05, 3.63) is 82.0 Å². The van der Waals surface area contributed by atoms with Crippen molar-refractivity contribution in [2.45, 2.75) is 20.0 Å². The lowest BCUT2D eigenvalue weighted by Crippen LogP contribution is -2.11. The monoisotopic (exact) mass is 337 g/mol. The molecule has 0 aliphatic carbocycles. The number of anilines is 1. The van der Waals surface area contributed by atoms with Crippen LogP contribution >= 0.6 is 11.3 Å². The first-order valence-corrected chi connectivity index (χ1v) is 8.78. The van der Waals surface area contributed by atoms with Crippen LogP contribution in [0.4, 0.5) is 5.69 Å². The minimum Gasteiger partial charge on any atom is -0.489 e. The Bertz CT molecular complexity index is 811. The Hall–Kier alpha value is -2.59. The van der Waals surface area contributed by atoms with Gasteiger partial charge in [0.15, 0.2) is 0 Å². The van der Waals surface area contributed by atoms with E-state index >= 15 is 0 Å². The molecular weight excluding hydrogens is 318 g/mol. The first-order valence-electron chi connectivity index (χ1n) is 7.91. The van der Waals surface area contributed by atoms with E-state index in [1.165, 1.54) is 11.3 Å². The molecule has 4 heteroatoms. The van der Waals surface area contributed by atoms with E-state index in [1.807, 2.05) is 66.0 Å². The summed E-state index contributed by atoms with van der Waals surface area (Å²) in [6.07, 6.45) is 0.886. The molecule has 2 aromatic carbocycles. The minimum absolute atomic E-state index is 0.0770. The molecule has 0 fully saturated rings. The number of carbonyl (C=O) groups is 1. The third-order valence-electron chi connectivity index (χ3n) is 3.67. The number of rotatable bonds is 6. The van der Waals surface area contributed by atoms with Gasteiger partial charge in [-0.15, -0.1) is 11.3 Å². The van der Waals surface area contributed by atoms with Crippen molar-refractivity contribution in [1.82, 2.24) is 0 Å². The van der Waals surface area contributed by atoms with Crippen LogP contribution in [-0.2, 0) is 13.0 Å². The number of benzene rings is 2. The Morgan fingerprint density at radius 2 is 1.83 bits per heavy atom. The van der Waals surface area contributed by atoms with E-state index in [9.17, 15) is 4.79 Å². The van der Waals surface area contributed by atoms with Gasteiger partial charge < -0.3 is 10.1 Å². The fourth-order valence-electron chi connectivity index (χ4n) is 2.39. The first kappa shape index (κ1) is 16.3. The molecule has 0 radical (unpaired) electrons. The van der Waals surface area contributed by atoms with Gasteiger partial charge in [-0.1, -0.05) is 43.3 Å². The molecule has 1 heterocycles. The van der Waals surface area contributed by atoms with E-state index in [0.29, 0.717) is 11.5 Å². The van der Waals surface area contributed by atoms with Crippen LogP contribution in [0.2, 0.25) is 0 Å². The largest absolute Gasteiger partial charge is 0.489 e. The van der Waals surface area contributed by atoms with Crippen molar-refractivity contribution in [3.63, 3.8) is 0 Å². The van der Waals surface area contributed by atoms with Crippen molar-refractivity contribution < 1.29 is 9.53 Å². The zero-order valence-electron chi connectivity index (χ0n) is 13.5. The number of nitrogens with one attached hydrogen (secondary N) is 1. The molecule has 0 unspecified atom stereocenters. The predicted octanol–water partition coefficient (Wildman–Crippen LogP) is 5.14. The Morgan fingerprint density at radius 3 is 2.62 bits per heavy atom. The topological polar surface area (TPSA) is 38.3 Å². The summed E-state index contributed by atoms with van der Waals surface area (Å²) in [4.78, 5) is 13.1. The molecule has 1 N–H and O–H groups in total. The maximum absolute atomic E-state index is 12.4. The maximum Gasteiger partial charge on any atom is 0.265 e. The lowest BCUT2D eigenvalue weighted by atomic mass is 10.1. The maximum atomic E-state index is 12.4. The van der Waals surface area contributed by atoms with Gasteiger partial charge in [0.2, 0.25) is 0 Å². The average molecular weight is 337 g/mol. The van der Waals surface area contributed by atoms with Gasteiger partial charge in [0, 0.05) is 11.3 Å². The third kappa shape index (κ3) is 4.03. The minimum atomic E-state index is -0.0770. The molecule has 3 nitrogen and oxygen atoms in total. The van der Waals surface area contributed by atoms with Gasteiger partial charge in [0.25, 0.3) is 5.91 Å². The summed E-state index contributed by atoms with van der Waals surface area (Å²) in [5.41, 5.74) is 3.01. The Balaban J connectivity index is 1.63. The normalized spacial score (nSPS) is 10.4. The zero-order valence-corrected chi connectivity index (χ0v) is 14.3. The summed E-state index contributed by atoms with van der Waals surface area (Å²) in [5, 5.41) is 4.96. The quantitative estimate of drug-likeness (QED) is 0.676. The molecule has 0 bridgehead atoms. The van der Waals surface area contributed by atoms with Crippen LogP contribution < -0.4 is 10.1 Å². The molecule has 24 heavy (non-hydrogen) atoms. The highest BCUT2D eigenvalue weighted by atomic mass is 32.1. The second-order valence-corrected chi connectivity index (χ2v) is 6.30. The summed E-state index contributed by atoms with van der Waals surface area (Å²) in [6, 6.07) is 19.4. The molecule has 1 amide bonds. The molecule has 122 valence electrons. The van der Waals surface area contributed by atoms with E-state index in [-0.39, 0.29) is 5.91 Å². The molecule has 0 aliphatic rings. The number of aryl methyl sites for hydroxylation is 1. The Labute approximate surface area is 145 Å². The van der Waals surface area contributed by atoms with Crippen molar-refractivity contribution in [3.8, 4) is 5.75 Å². The molecule has 0 aliphatic heterocycles. The van der Waals surface area contributed by atoms with Crippen molar-refractivity contribution in [2.75, 3.05) is 5.32 Å². The molecular formula is C20H19NO2S. The number of para-hydroxylation sites is 2. The highest BCUT2D eigenvalue weighted by molar-refractivity contribution is 7.12. The summed E-state index contributed by atoms with van der Waals surface area (Å²) >= 11 is 1.43. The number of amides is 1. The average Bonchev–Trinajstić information content (AvgIpc) is 3.10. The highest BCUT2D eigenvalue weighted by Gasteiger charge is 2.11. The van der Waals surface area contributed by atoms with Gasteiger partial charge in [-0.05, 0) is 41.6 Å². The lowest BCUT2D eigenvalue weighted by molar-refractivity contribution is 0.103. The van der Waals surface area contributed by atoms with Crippen molar-refractivity contribution in [1.29, 1.82) is 0 Å². The molecule has 0 spiro atoms. The smallest absolute Gasteiger partial charge is 0.265 e. The van der Waals surface area contributed by atoms with Gasteiger partial charge >= 0.3 is 0 Å². The van der Waals surface area contributed by atoms with E-state index in [0.717, 1.165) is 29.0 Å². The van der Waals surface area contributed by atoms with E-state index in [2.05, 4.69) is 12.2 Å². The second-order valence-electron chi connectivity index (χ2n) is 5.39. The molecule has 1 aromatic heterocycles. The van der Waals surface area contributed by atoms with Crippen LogP contribution in [0.3, 0.4) is 0 Å². The van der Waals surface area contributed by atoms with Crippen LogP contribution in [0.1, 0.15) is 27.7 Å². The predicted molar refractivity (Wildman–Crippen MR) is 98.9 cm³/mol. The SMILES string of the molecule is CCc1ccccc1NC(=O)c1cc(COc2ccccc2)cs1. The van der Waals surface area contributed by atoms with E-state index in [1.54, 1.807) is 0 Å². The standard InChI is InChI=1S/C20H19NO2S/c1-2-16-8-6-7-11-18(16)21-20(22)19-12-15(14-24-19)13-23-17-9-4-3-5-10-17/h3-12,14H,2,13H2,1H3,(H,21,22). The van der Waals surface area contributed by atoms with Gasteiger partial charge in [0.1, 0.15) is 12.4 Å². The van der Waals surface area contributed by atoms with Gasteiger partial charge in [0.05, 0.1) is 4.88 Å². The van der Waals surface area contributed by atoms with Crippen molar-refractivity contribution in [2.24, 2.45) is 0 Å². The van der Waals surface area contributed by atoms with Gasteiger partial charge in [-0.2, -0.15) is 0 Å². The van der Waals surface area contributed by atoms with Crippen LogP contribution in [0.15, 0.2) is 66.0 Å². The summed E-state index contributed by atoms with van der Waals surface area (Å²) in [5.74, 6) is 0.749. The van der Waals surface area contributed by atoms with E-state index in [4.69, 9.17) is 4.74 Å². The lowest BCUT2D eigenvalue weighted by Gasteiger charge is -2.08. The molecule has 3 rings (SSSR count). The van der Waals surface area contributed by atoms with E-state index < -0.39 is 0 Å². The van der Waals surface area contributed by atoms with Gasteiger partial charge in [-0.25, -0.2) is 0 Å². The fourth-order valence-corrected chi connectivity index (χ4v) is 3.18. The van der Waals surface area contributed by atoms with Crippen molar-refractivity contribution >= 4 is 22.9 Å². The van der Waals surface area contributed by atoms with Crippen LogP contribution in [0, 0.1) is 0 Å². The molecule has 0 atom stereocenters. The fraction of sp³-hybridized carbons (Fsp3) is 0.150. The first-order chi connectivity index (χ1) is 11.8. The van der Waals surface area contributed by atoms with Crippen LogP contribution in [0.5, 0.6) is 5.75 Å². The number of ether oxygens (including phenoxy) is 1. The van der Waals surface area contributed by atoms with Crippen LogP contribution in [-0.4, -0.2) is 5.91 Å². The number of carbonyl (C=O) groups excluding carboxylic acids is 1. The second kappa shape index (κ2) is 7.79. The van der Waals surface area contributed by atoms with Crippen LogP contribution in [0.25, 0.3) is 0 Å². The Morgan fingerprint density at radius 1 is 1.08 bits per heavy atom. The molecule has 0 saturated carbocycles. The number of hydrogen-bond acceptors (Lipinski definition) is 3. The molecule has 3 aromatic rings. The Kier molecular flexibility index (Phi) is 5.29. The zero-order chi connectivity index (χ0) is 16.8. The number of thiophene rings is 1. The highest BCUT2D eigenvalue weighted by Crippen LogP contribution is 2.21. The summed E-state index contributed by atoms with van der Waals surface area (Å²) in [7, 11) is 0. The third-order valence-corrected chi connectivity index (χ3v) is 4.65. The summed E-state index contributed by atoms with van der Waals surface area (Å²) < 4.78 is 5.71. The number of hydrogen-bond donors (Lipinski definition) is 1. The summed E-state index contributed by atoms with van der Waals surface area (Å²) in [6.45, 7) is 2.54. The van der Waals surface area contributed by atoms with Gasteiger partial charge in [-0.3, -0.25) is 4.79 Å². The molecule has 0 saturated heterocycles.